The summed E-state index contributed by atoms with van der Waals surface area (Å²) in [5.74, 6) is -1.44. The van der Waals surface area contributed by atoms with Crippen LogP contribution in [0, 0.1) is 0 Å². The molecule has 0 unspecified atom stereocenters. The monoisotopic (exact) mass is 538 g/mol. The molecule has 0 N–H and O–H groups in total. The van der Waals surface area contributed by atoms with Crippen molar-refractivity contribution in [3.8, 4) is 0 Å². The summed E-state index contributed by atoms with van der Waals surface area (Å²) < 4.78 is 61.2. The Labute approximate surface area is 215 Å². The van der Waals surface area contributed by atoms with E-state index in [0.717, 1.165) is 0 Å². The molecule has 0 aromatic heterocycles. The molecule has 1 fully saturated rings. The molecule has 0 aliphatic carbocycles. The Morgan fingerprint density at radius 3 is 1.92 bits per heavy atom. The predicted molar refractivity (Wildman–Crippen MR) is 132 cm³/mol. The highest BCUT2D eigenvalue weighted by molar-refractivity contribution is 7.53. The molecule has 2 aromatic carbocycles. The summed E-state index contributed by atoms with van der Waals surface area (Å²) >= 11 is 0. The zero-order valence-corrected chi connectivity index (χ0v) is 22.0. The maximum atomic E-state index is 15.5. The summed E-state index contributed by atoms with van der Waals surface area (Å²) in [5.41, 5.74) is 0.500. The molecule has 0 saturated carbocycles. The van der Waals surface area contributed by atoms with Gasteiger partial charge in [0, 0.05) is 0 Å². The van der Waals surface area contributed by atoms with E-state index in [4.69, 9.17) is 28.0 Å². The largest absolute Gasteiger partial charge is 0.459 e. The van der Waals surface area contributed by atoms with Crippen molar-refractivity contribution < 1.29 is 46.5 Å². The van der Waals surface area contributed by atoms with Crippen LogP contribution in [0.5, 0.6) is 0 Å². The molecular weight excluding hydrogens is 506 g/mol. The van der Waals surface area contributed by atoms with E-state index in [9.17, 15) is 14.2 Å². The molecule has 4 atom stereocenters. The highest BCUT2D eigenvalue weighted by atomic mass is 31.2. The molecule has 1 saturated heterocycles. The van der Waals surface area contributed by atoms with Gasteiger partial charge in [-0.15, -0.1) is 0 Å². The highest BCUT2D eigenvalue weighted by Gasteiger charge is 2.50. The molecule has 1 aliphatic heterocycles. The Bertz CT molecular complexity index is 1050. The van der Waals surface area contributed by atoms with E-state index in [1.807, 2.05) is 0 Å². The summed E-state index contributed by atoms with van der Waals surface area (Å²) in [7, 11) is -3.76. The highest BCUT2D eigenvalue weighted by Crippen LogP contribution is 2.51. The van der Waals surface area contributed by atoms with Crippen molar-refractivity contribution in [3.05, 3.63) is 71.8 Å². The minimum absolute atomic E-state index is 0.208. The van der Waals surface area contributed by atoms with Gasteiger partial charge in [0.05, 0.1) is 23.3 Å². The summed E-state index contributed by atoms with van der Waals surface area (Å²) in [6, 6.07) is 16.3. The lowest BCUT2D eigenvalue weighted by atomic mass is 10.1. The van der Waals surface area contributed by atoms with Crippen molar-refractivity contribution >= 4 is 19.5 Å². The molecule has 11 heteroatoms. The third-order valence-corrected chi connectivity index (χ3v) is 6.98. The van der Waals surface area contributed by atoms with Gasteiger partial charge in [-0.3, -0.25) is 4.57 Å². The Hall–Kier alpha value is -2.62. The van der Waals surface area contributed by atoms with Crippen molar-refractivity contribution in [2.75, 3.05) is 13.0 Å². The lowest BCUT2D eigenvalue weighted by Crippen LogP contribution is -2.37. The van der Waals surface area contributed by atoms with E-state index < -0.39 is 69.4 Å². The van der Waals surface area contributed by atoms with Crippen LogP contribution in [0.1, 0.15) is 48.4 Å². The molecule has 1 aliphatic rings. The Kier molecular flexibility index (Phi) is 10.4. The third-order valence-electron chi connectivity index (χ3n) is 5.03. The van der Waals surface area contributed by atoms with Gasteiger partial charge < -0.3 is 28.0 Å². The number of hydrogen-bond acceptors (Lipinski definition) is 9. The number of carbonyl (C=O) groups excluding carboxylic acids is 2. The van der Waals surface area contributed by atoms with Crippen LogP contribution in [-0.2, 0) is 32.6 Å². The maximum Gasteiger partial charge on any atom is 0.356 e. The summed E-state index contributed by atoms with van der Waals surface area (Å²) in [5, 5.41) is 0. The van der Waals surface area contributed by atoms with Crippen LogP contribution in [0.4, 0.5) is 4.39 Å². The smallest absolute Gasteiger partial charge is 0.356 e. The molecular formula is C26H32FO9P. The molecule has 0 radical (unpaired) electrons. The van der Waals surface area contributed by atoms with Gasteiger partial charge in [0.2, 0.25) is 0 Å². The fourth-order valence-corrected chi connectivity index (χ4v) is 5.35. The average molecular weight is 539 g/mol. The van der Waals surface area contributed by atoms with E-state index in [1.165, 1.54) is 12.1 Å². The molecule has 3 rings (SSSR count). The zero-order chi connectivity index (χ0) is 27.0. The van der Waals surface area contributed by atoms with Gasteiger partial charge >= 0.3 is 19.5 Å². The number of esters is 2. The second-order valence-corrected chi connectivity index (χ2v) is 10.8. The van der Waals surface area contributed by atoms with Crippen LogP contribution in [0.3, 0.4) is 0 Å². The van der Waals surface area contributed by atoms with E-state index >= 15 is 4.39 Å². The molecule has 9 nitrogen and oxygen atoms in total. The molecule has 202 valence electrons. The molecule has 37 heavy (non-hydrogen) atoms. The standard InChI is InChI=1S/C26H32FO9P/c1-17(2)35-37(30,36-18(3)4)16-32-26-22(27)23(34-25(29)20-13-9-6-10-14-20)21(33-26)15-31-24(28)19-11-7-5-8-12-19/h5-14,17-18,21-23,26H,15-16H2,1-4H3/t21-,22+,23-,26+/m1/s1. The van der Waals surface area contributed by atoms with Crippen LogP contribution >= 0.6 is 7.60 Å². The van der Waals surface area contributed by atoms with Crippen molar-refractivity contribution in [3.63, 3.8) is 0 Å². The summed E-state index contributed by atoms with van der Waals surface area (Å²) in [4.78, 5) is 25.0. The van der Waals surface area contributed by atoms with Gasteiger partial charge in [-0.25, -0.2) is 14.0 Å². The number of alkyl halides is 1. The number of carbonyl (C=O) groups is 2. The summed E-state index contributed by atoms with van der Waals surface area (Å²) in [6.07, 6.45) is -7.67. The number of hydrogen-bond donors (Lipinski definition) is 0. The van der Waals surface area contributed by atoms with Crippen molar-refractivity contribution in [1.82, 2.24) is 0 Å². The Balaban J connectivity index is 1.73. The first-order valence-electron chi connectivity index (χ1n) is 11.9. The lowest BCUT2D eigenvalue weighted by Gasteiger charge is -2.24. The number of halogens is 1. The fourth-order valence-electron chi connectivity index (χ4n) is 3.57. The first-order chi connectivity index (χ1) is 17.6. The second kappa shape index (κ2) is 13.3. The molecule has 0 bridgehead atoms. The van der Waals surface area contributed by atoms with E-state index in [2.05, 4.69) is 0 Å². The van der Waals surface area contributed by atoms with Crippen LogP contribution in [0.25, 0.3) is 0 Å². The van der Waals surface area contributed by atoms with Gasteiger partial charge in [0.25, 0.3) is 0 Å². The van der Waals surface area contributed by atoms with E-state index in [0.29, 0.717) is 5.56 Å². The van der Waals surface area contributed by atoms with Gasteiger partial charge in [0.1, 0.15) is 12.7 Å². The molecule has 1 heterocycles. The van der Waals surface area contributed by atoms with Gasteiger partial charge in [0.15, 0.2) is 24.9 Å². The van der Waals surface area contributed by atoms with Crippen LogP contribution < -0.4 is 0 Å². The molecule has 0 amide bonds. The number of rotatable bonds is 12. The van der Waals surface area contributed by atoms with Crippen LogP contribution in [0.2, 0.25) is 0 Å². The zero-order valence-electron chi connectivity index (χ0n) is 21.2. The van der Waals surface area contributed by atoms with Crippen molar-refractivity contribution in [1.29, 1.82) is 0 Å². The van der Waals surface area contributed by atoms with Crippen molar-refractivity contribution in [2.45, 2.75) is 64.6 Å². The first kappa shape index (κ1) is 28.9. The minimum atomic E-state index is -3.76. The van der Waals surface area contributed by atoms with Crippen LogP contribution in [-0.4, -0.2) is 61.8 Å². The quantitative estimate of drug-likeness (QED) is 0.268. The lowest BCUT2D eigenvalue weighted by molar-refractivity contribution is -0.151. The predicted octanol–water partition coefficient (Wildman–Crippen LogP) is 5.15. The first-order valence-corrected chi connectivity index (χ1v) is 13.7. The Morgan fingerprint density at radius 1 is 0.892 bits per heavy atom. The fraction of sp³-hybridized carbons (Fsp3) is 0.462. The Morgan fingerprint density at radius 2 is 1.41 bits per heavy atom. The molecule has 0 spiro atoms. The average Bonchev–Trinajstić information content (AvgIpc) is 3.15. The van der Waals surface area contributed by atoms with Crippen LogP contribution in [0.15, 0.2) is 60.7 Å². The number of benzene rings is 2. The molecule has 2 aromatic rings. The SMILES string of the molecule is CC(C)OP(=O)(CO[C@H]1O[C@H](COC(=O)c2ccccc2)[C@@H](OC(=O)c2ccccc2)[C@@H]1F)OC(C)C. The van der Waals surface area contributed by atoms with Gasteiger partial charge in [-0.2, -0.15) is 0 Å². The van der Waals surface area contributed by atoms with E-state index in [1.54, 1.807) is 76.2 Å². The topological polar surface area (TPSA) is 107 Å². The maximum absolute atomic E-state index is 15.5. The normalized spacial score (nSPS) is 21.8. The van der Waals surface area contributed by atoms with Gasteiger partial charge in [-0.1, -0.05) is 36.4 Å². The van der Waals surface area contributed by atoms with Crippen molar-refractivity contribution in [2.24, 2.45) is 0 Å². The van der Waals surface area contributed by atoms with E-state index in [-0.39, 0.29) is 5.56 Å². The summed E-state index contributed by atoms with van der Waals surface area (Å²) in [6.45, 7) is 6.30. The van der Waals surface area contributed by atoms with Gasteiger partial charge in [-0.05, 0) is 52.0 Å². The third kappa shape index (κ3) is 8.45. The second-order valence-electron chi connectivity index (χ2n) is 8.90. The minimum Gasteiger partial charge on any atom is -0.459 e. The number of ether oxygens (including phenoxy) is 4.